The second kappa shape index (κ2) is 7.39. The van der Waals surface area contributed by atoms with Gasteiger partial charge in [-0.25, -0.2) is 4.39 Å². The van der Waals surface area contributed by atoms with E-state index in [0.717, 1.165) is 28.5 Å². The molecule has 0 bridgehead atoms. The number of nitrogens with zero attached hydrogens (tertiary/aromatic N) is 1. The fraction of sp³-hybridized carbons (Fsp3) is 0.542. The summed E-state index contributed by atoms with van der Waals surface area (Å²) in [4.78, 5) is 0. The van der Waals surface area contributed by atoms with Crippen LogP contribution < -0.4 is 0 Å². The van der Waals surface area contributed by atoms with Crippen LogP contribution in [0.4, 0.5) is 4.39 Å². The Morgan fingerprint density at radius 2 is 1.81 bits per heavy atom. The van der Waals surface area contributed by atoms with Crippen LogP contribution in [0.25, 0.3) is 10.8 Å². The minimum Gasteiger partial charge on any atom is -0.206 e. The van der Waals surface area contributed by atoms with Crippen molar-refractivity contribution in [2.45, 2.75) is 64.2 Å². The molecule has 2 aliphatic rings. The van der Waals surface area contributed by atoms with Crippen molar-refractivity contribution >= 4 is 10.8 Å². The average molecular weight is 349 g/mol. The SMILES string of the molecule is CCC[C@@H]1CC[C@@H]2CC(c3ccc4cc(C#N)c(F)cc4c3)CCC2C1. The molecule has 26 heavy (non-hydrogen) atoms. The predicted octanol–water partition coefficient (Wildman–Crippen LogP) is 6.95. The van der Waals surface area contributed by atoms with Crippen LogP contribution in [0.1, 0.15) is 75.3 Å². The summed E-state index contributed by atoms with van der Waals surface area (Å²) in [5, 5.41) is 10.9. The molecule has 0 N–H and O–H groups in total. The number of halogens is 1. The van der Waals surface area contributed by atoms with Gasteiger partial charge in [-0.3, -0.25) is 0 Å². The molecule has 2 aliphatic carbocycles. The Bertz CT molecular complexity index is 834. The van der Waals surface area contributed by atoms with E-state index in [1.54, 1.807) is 6.07 Å². The van der Waals surface area contributed by atoms with Crippen molar-refractivity contribution in [1.82, 2.24) is 0 Å². The van der Waals surface area contributed by atoms with Crippen LogP contribution in [0.2, 0.25) is 0 Å². The Morgan fingerprint density at radius 3 is 2.62 bits per heavy atom. The molecule has 0 aliphatic heterocycles. The van der Waals surface area contributed by atoms with E-state index in [9.17, 15) is 4.39 Å². The Morgan fingerprint density at radius 1 is 1.00 bits per heavy atom. The molecule has 2 aromatic carbocycles. The summed E-state index contributed by atoms with van der Waals surface area (Å²) in [7, 11) is 0. The van der Waals surface area contributed by atoms with Crippen molar-refractivity contribution in [3.05, 3.63) is 47.3 Å². The average Bonchev–Trinajstić information content (AvgIpc) is 2.67. The topological polar surface area (TPSA) is 23.8 Å². The van der Waals surface area contributed by atoms with Crippen molar-refractivity contribution in [3.8, 4) is 6.07 Å². The maximum atomic E-state index is 14.0. The molecule has 0 radical (unpaired) electrons. The number of fused-ring (bicyclic) bond motifs is 2. The van der Waals surface area contributed by atoms with E-state index in [-0.39, 0.29) is 5.56 Å². The van der Waals surface area contributed by atoms with E-state index in [0.29, 0.717) is 5.92 Å². The molecule has 0 saturated heterocycles. The molecule has 0 amide bonds. The summed E-state index contributed by atoms with van der Waals surface area (Å²) >= 11 is 0. The zero-order chi connectivity index (χ0) is 18.1. The molecule has 4 atom stereocenters. The van der Waals surface area contributed by atoms with Crippen LogP contribution in [0.15, 0.2) is 30.3 Å². The smallest absolute Gasteiger partial charge is 0.141 e. The van der Waals surface area contributed by atoms with E-state index >= 15 is 0 Å². The largest absolute Gasteiger partial charge is 0.206 e. The number of benzene rings is 2. The van der Waals surface area contributed by atoms with E-state index in [1.165, 1.54) is 63.0 Å². The lowest BCUT2D eigenvalue weighted by Gasteiger charge is -2.42. The summed E-state index contributed by atoms with van der Waals surface area (Å²) in [6, 6.07) is 11.6. The Labute approximate surface area is 156 Å². The number of rotatable bonds is 3. The third-order valence-electron chi connectivity index (χ3n) is 6.96. The van der Waals surface area contributed by atoms with E-state index in [4.69, 9.17) is 5.26 Å². The zero-order valence-electron chi connectivity index (χ0n) is 15.7. The predicted molar refractivity (Wildman–Crippen MR) is 104 cm³/mol. The van der Waals surface area contributed by atoms with Crippen molar-refractivity contribution in [2.24, 2.45) is 17.8 Å². The van der Waals surface area contributed by atoms with Crippen LogP contribution in [-0.2, 0) is 0 Å². The van der Waals surface area contributed by atoms with Gasteiger partial charge < -0.3 is 0 Å². The zero-order valence-corrected chi connectivity index (χ0v) is 15.7. The Balaban J connectivity index is 1.51. The highest BCUT2D eigenvalue weighted by atomic mass is 19.1. The van der Waals surface area contributed by atoms with Crippen molar-refractivity contribution in [1.29, 1.82) is 5.26 Å². The van der Waals surface area contributed by atoms with Crippen molar-refractivity contribution in [2.75, 3.05) is 0 Å². The van der Waals surface area contributed by atoms with Gasteiger partial charge in [0.1, 0.15) is 11.9 Å². The maximum Gasteiger partial charge on any atom is 0.141 e. The summed E-state index contributed by atoms with van der Waals surface area (Å²) < 4.78 is 14.0. The first kappa shape index (κ1) is 17.5. The lowest BCUT2D eigenvalue weighted by atomic mass is 9.63. The first-order valence-electron chi connectivity index (χ1n) is 10.3. The van der Waals surface area contributed by atoms with Gasteiger partial charge in [0.05, 0.1) is 5.56 Å². The van der Waals surface area contributed by atoms with Gasteiger partial charge in [0.2, 0.25) is 0 Å². The molecule has 0 spiro atoms. The van der Waals surface area contributed by atoms with Crippen LogP contribution in [0.3, 0.4) is 0 Å². The molecule has 2 unspecified atom stereocenters. The first-order chi connectivity index (χ1) is 12.7. The highest BCUT2D eigenvalue weighted by Gasteiger charge is 2.35. The summed E-state index contributed by atoms with van der Waals surface area (Å²) in [5.41, 5.74) is 1.49. The van der Waals surface area contributed by atoms with Crippen LogP contribution in [0, 0.1) is 34.9 Å². The molecule has 1 nitrogen and oxygen atoms in total. The van der Waals surface area contributed by atoms with Gasteiger partial charge in [0, 0.05) is 0 Å². The van der Waals surface area contributed by atoms with E-state index in [2.05, 4.69) is 25.1 Å². The minimum atomic E-state index is -0.407. The van der Waals surface area contributed by atoms with E-state index < -0.39 is 5.82 Å². The quantitative estimate of drug-likeness (QED) is 0.588. The molecule has 4 rings (SSSR count). The van der Waals surface area contributed by atoms with Gasteiger partial charge in [0.25, 0.3) is 0 Å². The number of hydrogen-bond donors (Lipinski definition) is 0. The fourth-order valence-corrected chi connectivity index (χ4v) is 5.59. The summed E-state index contributed by atoms with van der Waals surface area (Å²) in [6.07, 6.45) is 10.9. The lowest BCUT2D eigenvalue weighted by molar-refractivity contribution is 0.114. The van der Waals surface area contributed by atoms with Crippen molar-refractivity contribution in [3.63, 3.8) is 0 Å². The third-order valence-corrected chi connectivity index (χ3v) is 6.96. The molecular weight excluding hydrogens is 321 g/mol. The Kier molecular flexibility index (Phi) is 4.98. The van der Waals surface area contributed by atoms with Gasteiger partial charge >= 0.3 is 0 Å². The molecule has 0 heterocycles. The van der Waals surface area contributed by atoms with Gasteiger partial charge in [0.15, 0.2) is 0 Å². The highest BCUT2D eigenvalue weighted by molar-refractivity contribution is 5.84. The van der Waals surface area contributed by atoms with Gasteiger partial charge in [-0.15, -0.1) is 0 Å². The molecule has 2 saturated carbocycles. The maximum absolute atomic E-state index is 14.0. The standard InChI is InChI=1S/C24H28FN/c1-2-3-16-4-5-18-11-19(7-6-17(18)10-16)20-8-9-21-13-23(15-26)24(25)14-22(21)12-20/h8-9,12-14,16-19H,2-7,10-11H2,1H3/t16-,17?,18-,19?/m1/s1. The van der Waals surface area contributed by atoms with Gasteiger partial charge in [-0.05, 0) is 84.2 Å². The number of hydrogen-bond acceptors (Lipinski definition) is 1. The molecule has 2 fully saturated rings. The van der Waals surface area contributed by atoms with Gasteiger partial charge in [-0.2, -0.15) is 5.26 Å². The summed E-state index contributed by atoms with van der Waals surface area (Å²) in [6.45, 7) is 2.31. The van der Waals surface area contributed by atoms with Crippen LogP contribution >= 0.6 is 0 Å². The molecule has 136 valence electrons. The summed E-state index contributed by atoms with van der Waals surface area (Å²) in [5.74, 6) is 3.00. The first-order valence-corrected chi connectivity index (χ1v) is 10.3. The normalized spacial score (nSPS) is 28.5. The Hall–Kier alpha value is -1.88. The van der Waals surface area contributed by atoms with Crippen molar-refractivity contribution < 1.29 is 4.39 Å². The second-order valence-electron chi connectivity index (χ2n) is 8.55. The second-order valence-corrected chi connectivity index (χ2v) is 8.55. The lowest BCUT2D eigenvalue weighted by Crippen LogP contribution is -2.30. The molecule has 2 heteroatoms. The van der Waals surface area contributed by atoms with Gasteiger partial charge in [-0.1, -0.05) is 44.4 Å². The van der Waals surface area contributed by atoms with Crippen LogP contribution in [-0.4, -0.2) is 0 Å². The van der Waals surface area contributed by atoms with Crippen LogP contribution in [0.5, 0.6) is 0 Å². The highest BCUT2D eigenvalue weighted by Crippen LogP contribution is 2.48. The number of nitriles is 1. The fourth-order valence-electron chi connectivity index (χ4n) is 5.59. The third kappa shape index (κ3) is 3.37. The molecular formula is C24H28FN. The molecule has 2 aromatic rings. The molecule has 0 aromatic heterocycles. The minimum absolute atomic E-state index is 0.134. The monoisotopic (exact) mass is 349 g/mol. The van der Waals surface area contributed by atoms with E-state index in [1.807, 2.05) is 6.07 Å².